The minimum atomic E-state index is 0. The second-order valence-corrected chi connectivity index (χ2v) is 3.06. The van der Waals surface area contributed by atoms with Crippen molar-refractivity contribution in [3.63, 3.8) is 0 Å². The topological polar surface area (TPSA) is 0 Å². The third-order valence-electron chi connectivity index (χ3n) is 1.91. The van der Waals surface area contributed by atoms with Gasteiger partial charge in [0.25, 0.3) is 0 Å². The molecule has 0 radical (unpaired) electrons. The molecule has 1 fully saturated rings. The summed E-state index contributed by atoms with van der Waals surface area (Å²) in [4.78, 5) is 0. The van der Waals surface area contributed by atoms with Crippen molar-refractivity contribution in [3.8, 4) is 0 Å². The van der Waals surface area contributed by atoms with Gasteiger partial charge in [0, 0.05) is 0 Å². The van der Waals surface area contributed by atoms with Gasteiger partial charge in [0.15, 0.2) is 0 Å². The molecule has 82 valence electrons. The largest absolute Gasteiger partial charge is 2.00 e. The van der Waals surface area contributed by atoms with E-state index in [-0.39, 0.29) is 45.4 Å². The average Bonchev–Trinajstić information content (AvgIpc) is 2.62. The Hall–Kier alpha value is 0.576. The van der Waals surface area contributed by atoms with Crippen LogP contribution in [0.5, 0.6) is 0 Å². The summed E-state index contributed by atoms with van der Waals surface area (Å²) in [7, 11) is 0. The van der Waals surface area contributed by atoms with E-state index in [1.165, 1.54) is 25.7 Å². The molecule has 0 heterocycles. The first kappa shape index (κ1) is 20.9. The molecule has 1 saturated carbocycles. The van der Waals surface area contributed by atoms with Crippen molar-refractivity contribution in [2.75, 3.05) is 0 Å². The molecule has 0 aromatic heterocycles. The number of rotatable bonds is 0. The third kappa shape index (κ3) is 12.5. The van der Waals surface area contributed by atoms with Gasteiger partial charge in [0.1, 0.15) is 0 Å². The van der Waals surface area contributed by atoms with Crippen molar-refractivity contribution >= 4 is 45.4 Å². The first-order chi connectivity index (χ1) is 5.89. The van der Waals surface area contributed by atoms with Crippen LogP contribution in [0.1, 0.15) is 31.2 Å². The summed E-state index contributed by atoms with van der Waals surface area (Å²) in [6, 6.07) is 9.87. The van der Waals surface area contributed by atoms with Gasteiger partial charge in [-0.2, -0.15) is 47.4 Å². The third-order valence-corrected chi connectivity index (χ3v) is 1.91. The zero-order valence-corrected chi connectivity index (χ0v) is 13.0. The van der Waals surface area contributed by atoms with Gasteiger partial charge in [-0.1, -0.05) is 18.9 Å². The van der Waals surface area contributed by atoms with Crippen LogP contribution in [0.15, 0.2) is 30.3 Å². The minimum Gasteiger partial charge on any atom is -0.328 e. The Bertz CT molecular complexity index is 192. The Morgan fingerprint density at radius 3 is 1.67 bits per heavy atom. The van der Waals surface area contributed by atoms with Crippen molar-refractivity contribution in [2.45, 2.75) is 25.7 Å². The summed E-state index contributed by atoms with van der Waals surface area (Å²) < 4.78 is 0. The van der Waals surface area contributed by atoms with E-state index in [1.807, 2.05) is 30.3 Å². The number of halogens is 1. The van der Waals surface area contributed by atoms with Crippen LogP contribution in [0, 0.1) is 13.3 Å². The molecule has 2 rings (SSSR count). The van der Waals surface area contributed by atoms with Crippen molar-refractivity contribution in [3.05, 3.63) is 49.2 Å². The predicted molar refractivity (Wildman–Crippen MR) is 77.8 cm³/mol. The second-order valence-electron chi connectivity index (χ2n) is 3.06. The van der Waals surface area contributed by atoms with Crippen molar-refractivity contribution < 1.29 is 0 Å². The Kier molecular flexibility index (Phi) is 20.3. The van der Waals surface area contributed by atoms with Gasteiger partial charge in [-0.05, 0) is 0 Å². The summed E-state index contributed by atoms with van der Waals surface area (Å²) in [6.45, 7) is 3.72. The summed E-state index contributed by atoms with van der Waals surface area (Å²) in [5, 5.41) is 0. The molecule has 15 heavy (non-hydrogen) atoms. The van der Waals surface area contributed by atoms with E-state index in [2.05, 4.69) is 13.3 Å². The molecule has 0 N–H and O–H groups in total. The van der Waals surface area contributed by atoms with Gasteiger partial charge < -0.3 is 6.42 Å². The quantitative estimate of drug-likeness (QED) is 0.376. The standard InChI is InChI=1S/C7H7.C5H9.ClH.Mg.H3P/c1-7-5-3-2-4-6-7;1-2-4-5-3-1;;;/h2-6H,1H2;1H,2-5H2;1H;;1H3/q2*-1;;+2;. The average molecular weight is 255 g/mol. The van der Waals surface area contributed by atoms with E-state index in [0.717, 1.165) is 5.56 Å². The van der Waals surface area contributed by atoms with Crippen LogP contribution in [0.2, 0.25) is 0 Å². The molecule has 1 aromatic carbocycles. The number of hydrogen-bond donors (Lipinski definition) is 0. The molecule has 0 amide bonds. The van der Waals surface area contributed by atoms with Crippen LogP contribution in [-0.2, 0) is 0 Å². The van der Waals surface area contributed by atoms with Gasteiger partial charge in [0.2, 0.25) is 0 Å². The number of benzene rings is 1. The zero-order valence-electron chi connectivity index (χ0n) is 9.32. The Balaban J connectivity index is -0.000000165. The van der Waals surface area contributed by atoms with Crippen LogP contribution in [-0.4, -0.2) is 23.1 Å². The molecule has 1 atom stereocenters. The Morgan fingerprint density at radius 2 is 1.47 bits per heavy atom. The molecule has 1 aliphatic rings. The van der Waals surface area contributed by atoms with Crippen molar-refractivity contribution in [1.29, 1.82) is 0 Å². The van der Waals surface area contributed by atoms with Crippen LogP contribution in [0.25, 0.3) is 0 Å². The maximum absolute atomic E-state index is 3.72. The molecule has 1 aliphatic carbocycles. The van der Waals surface area contributed by atoms with Crippen LogP contribution < -0.4 is 0 Å². The fourth-order valence-corrected chi connectivity index (χ4v) is 1.20. The molecular formula is C12H20ClMgP. The molecule has 1 unspecified atom stereocenters. The van der Waals surface area contributed by atoms with Crippen LogP contribution >= 0.6 is 22.3 Å². The maximum Gasteiger partial charge on any atom is 2.00 e. The molecule has 0 bridgehead atoms. The van der Waals surface area contributed by atoms with Gasteiger partial charge in [-0.25, -0.2) is 0 Å². The van der Waals surface area contributed by atoms with E-state index < -0.39 is 0 Å². The summed E-state index contributed by atoms with van der Waals surface area (Å²) in [6.07, 6.45) is 8.00. The van der Waals surface area contributed by atoms with E-state index in [4.69, 9.17) is 0 Å². The van der Waals surface area contributed by atoms with E-state index >= 15 is 0 Å². The minimum absolute atomic E-state index is 0. The second kappa shape index (κ2) is 14.6. The summed E-state index contributed by atoms with van der Waals surface area (Å²) in [5.74, 6) is 0. The van der Waals surface area contributed by atoms with Gasteiger partial charge in [0.05, 0.1) is 0 Å². The SMILES string of the molecule is Cl.P.[CH-]1CCCC1.[CH2-]c1ccccc1.[Mg+2]. The molecule has 1 aromatic rings. The van der Waals surface area contributed by atoms with E-state index in [1.54, 1.807) is 0 Å². The molecular weight excluding hydrogens is 235 g/mol. The van der Waals surface area contributed by atoms with Gasteiger partial charge >= 0.3 is 23.1 Å². The van der Waals surface area contributed by atoms with Crippen LogP contribution in [0.4, 0.5) is 0 Å². The van der Waals surface area contributed by atoms with Crippen molar-refractivity contribution in [1.82, 2.24) is 0 Å². The Labute approximate surface area is 120 Å². The molecule has 3 heteroatoms. The first-order valence-electron chi connectivity index (χ1n) is 4.58. The van der Waals surface area contributed by atoms with E-state index in [9.17, 15) is 0 Å². The first-order valence-corrected chi connectivity index (χ1v) is 4.58. The van der Waals surface area contributed by atoms with E-state index in [0.29, 0.717) is 0 Å². The van der Waals surface area contributed by atoms with Gasteiger partial charge in [-0.15, -0.1) is 24.5 Å². The fraction of sp³-hybridized carbons (Fsp3) is 0.333. The molecule has 0 saturated heterocycles. The predicted octanol–water partition coefficient (Wildman–Crippen LogP) is 3.73. The Morgan fingerprint density at radius 1 is 1.00 bits per heavy atom. The smallest absolute Gasteiger partial charge is 0.328 e. The molecule has 0 aliphatic heterocycles. The van der Waals surface area contributed by atoms with Crippen molar-refractivity contribution in [2.24, 2.45) is 0 Å². The molecule has 0 nitrogen and oxygen atoms in total. The normalized spacial score (nSPS) is 12.0. The fourth-order valence-electron chi connectivity index (χ4n) is 1.20. The monoisotopic (exact) mass is 254 g/mol. The van der Waals surface area contributed by atoms with Crippen LogP contribution in [0.3, 0.4) is 0 Å². The number of hydrogen-bond acceptors (Lipinski definition) is 0. The zero-order chi connectivity index (χ0) is 8.65. The summed E-state index contributed by atoms with van der Waals surface area (Å²) in [5.41, 5.74) is 1.07. The summed E-state index contributed by atoms with van der Waals surface area (Å²) >= 11 is 0. The van der Waals surface area contributed by atoms with Gasteiger partial charge in [-0.3, -0.25) is 0 Å². The maximum atomic E-state index is 3.72. The molecule has 0 spiro atoms.